The number of nitrogens with two attached hydrogens (primary N) is 1. The molecule has 4 aromatic rings. The number of nitrogens with zero attached hydrogens (tertiary/aromatic N) is 4. The molecule has 0 spiro atoms. The van der Waals surface area contributed by atoms with E-state index in [9.17, 15) is 13.2 Å². The Bertz CT molecular complexity index is 1860. The number of imidazole rings is 1. The molecule has 1 aromatic heterocycles. The number of fused-ring (bicyclic) bond motifs is 3. The van der Waals surface area contributed by atoms with Crippen molar-refractivity contribution in [2.45, 2.75) is 80.3 Å². The van der Waals surface area contributed by atoms with E-state index in [1.807, 2.05) is 0 Å². The van der Waals surface area contributed by atoms with Crippen LogP contribution in [0.2, 0.25) is 0 Å². The van der Waals surface area contributed by atoms with Crippen molar-refractivity contribution in [3.05, 3.63) is 89.7 Å². The van der Waals surface area contributed by atoms with E-state index in [0.29, 0.717) is 31.2 Å². The standard InChI is InChI=1S/C36H42ClN5O4S/c1-25-39-32-9-5-6-10-33(32)42(25)29-21-27-11-12-28(22-29)41(27)20-17-36(26-7-3-2-4-8-26)15-18-40(19-16-36)35(43)31-23-30(47(38,44)45)13-14-34(31)46-24-37/h2-10,13-14,23,27-29H,11-12,15-22,24H2,1H3,(H2,38,44,45). The molecule has 9 nitrogen and oxygen atoms in total. The van der Waals surface area contributed by atoms with E-state index < -0.39 is 10.0 Å². The zero-order valence-electron chi connectivity index (χ0n) is 26.7. The monoisotopic (exact) mass is 675 g/mol. The van der Waals surface area contributed by atoms with Crippen LogP contribution in [-0.4, -0.2) is 71.5 Å². The smallest absolute Gasteiger partial charge is 0.257 e. The second-order valence-electron chi connectivity index (χ2n) is 13.4. The lowest BCUT2D eigenvalue weighted by molar-refractivity contribution is 0.0604. The maximum absolute atomic E-state index is 13.8. The van der Waals surface area contributed by atoms with Gasteiger partial charge in [-0.15, -0.1) is 0 Å². The third-order valence-electron chi connectivity index (χ3n) is 11.0. The van der Waals surface area contributed by atoms with Gasteiger partial charge in [-0.25, -0.2) is 18.5 Å². The normalized spacial score (nSPS) is 22.9. The Labute approximate surface area is 281 Å². The van der Waals surface area contributed by atoms with E-state index in [-0.39, 0.29) is 33.6 Å². The number of carbonyl (C=O) groups excluding carboxylic acids is 1. The highest BCUT2D eigenvalue weighted by molar-refractivity contribution is 7.89. The summed E-state index contributed by atoms with van der Waals surface area (Å²) in [5.41, 5.74) is 3.73. The molecule has 3 fully saturated rings. The third kappa shape index (κ3) is 6.17. The molecule has 2 unspecified atom stereocenters. The summed E-state index contributed by atoms with van der Waals surface area (Å²) in [5.74, 6) is 1.07. The molecule has 2 bridgehead atoms. The fourth-order valence-electron chi connectivity index (χ4n) is 8.61. The minimum atomic E-state index is -3.99. The highest BCUT2D eigenvalue weighted by atomic mass is 35.5. The van der Waals surface area contributed by atoms with Crippen LogP contribution in [0.3, 0.4) is 0 Å². The van der Waals surface area contributed by atoms with E-state index in [0.717, 1.165) is 50.0 Å². The van der Waals surface area contributed by atoms with Crippen LogP contribution in [0.4, 0.5) is 0 Å². The summed E-state index contributed by atoms with van der Waals surface area (Å²) < 4.78 is 32.1. The average molecular weight is 676 g/mol. The van der Waals surface area contributed by atoms with Crippen molar-refractivity contribution >= 4 is 38.6 Å². The van der Waals surface area contributed by atoms with E-state index in [4.69, 9.17) is 26.5 Å². The van der Waals surface area contributed by atoms with Crippen molar-refractivity contribution in [3.8, 4) is 5.75 Å². The molecule has 4 heterocycles. The van der Waals surface area contributed by atoms with Crippen LogP contribution in [0.25, 0.3) is 11.0 Å². The van der Waals surface area contributed by atoms with Gasteiger partial charge in [-0.3, -0.25) is 9.69 Å². The molecule has 0 saturated carbocycles. The predicted octanol–water partition coefficient (Wildman–Crippen LogP) is 6.00. The Morgan fingerprint density at radius 1 is 0.979 bits per heavy atom. The number of likely N-dealkylation sites (tertiary alicyclic amines) is 1. The molecule has 3 aromatic carbocycles. The fourth-order valence-corrected chi connectivity index (χ4v) is 9.27. The number of hydrogen-bond acceptors (Lipinski definition) is 6. The van der Waals surface area contributed by atoms with Crippen LogP contribution in [0, 0.1) is 6.92 Å². The second-order valence-corrected chi connectivity index (χ2v) is 15.2. The second kappa shape index (κ2) is 12.9. The molecule has 2 atom stereocenters. The molecule has 47 heavy (non-hydrogen) atoms. The number of benzene rings is 3. The first-order valence-electron chi connectivity index (χ1n) is 16.6. The highest BCUT2D eigenvalue weighted by Gasteiger charge is 2.44. The van der Waals surface area contributed by atoms with Crippen LogP contribution >= 0.6 is 11.6 Å². The van der Waals surface area contributed by atoms with Crippen LogP contribution in [0.1, 0.15) is 72.7 Å². The molecular weight excluding hydrogens is 634 g/mol. The zero-order valence-corrected chi connectivity index (χ0v) is 28.3. The van der Waals surface area contributed by atoms with Gasteiger partial charge in [0.25, 0.3) is 5.91 Å². The van der Waals surface area contributed by atoms with Crippen LogP contribution < -0.4 is 9.88 Å². The molecule has 3 saturated heterocycles. The van der Waals surface area contributed by atoms with Gasteiger partial charge in [0.1, 0.15) is 11.6 Å². The van der Waals surface area contributed by atoms with Crippen molar-refractivity contribution in [1.29, 1.82) is 0 Å². The summed E-state index contributed by atoms with van der Waals surface area (Å²) in [5, 5.41) is 5.38. The van der Waals surface area contributed by atoms with E-state index in [1.54, 1.807) is 4.90 Å². The van der Waals surface area contributed by atoms with Crippen molar-refractivity contribution in [2.24, 2.45) is 5.14 Å². The van der Waals surface area contributed by atoms with Gasteiger partial charge in [0.15, 0.2) is 6.07 Å². The Hall–Kier alpha value is -3.44. The lowest BCUT2D eigenvalue weighted by Crippen LogP contribution is -2.49. The molecule has 11 heteroatoms. The van der Waals surface area contributed by atoms with Crippen LogP contribution in [0.5, 0.6) is 5.75 Å². The van der Waals surface area contributed by atoms with Gasteiger partial charge < -0.3 is 14.2 Å². The third-order valence-corrected chi connectivity index (χ3v) is 12.0. The van der Waals surface area contributed by atoms with Gasteiger partial charge in [-0.05, 0) is 99.7 Å². The summed E-state index contributed by atoms with van der Waals surface area (Å²) in [4.78, 5) is 23.1. The van der Waals surface area contributed by atoms with E-state index >= 15 is 0 Å². The van der Waals surface area contributed by atoms with Gasteiger partial charge in [-0.2, -0.15) is 0 Å². The number of ether oxygens (including phenoxy) is 1. The summed E-state index contributed by atoms with van der Waals surface area (Å²) in [6, 6.07) is 24.7. The quantitative estimate of drug-likeness (QED) is 0.218. The fraction of sp³-hybridized carbons (Fsp3) is 0.444. The summed E-state index contributed by atoms with van der Waals surface area (Å²) in [6.07, 6.45) is 7.40. The molecule has 3 aliphatic heterocycles. The number of carbonyl (C=O) groups is 1. The van der Waals surface area contributed by atoms with Crippen molar-refractivity contribution in [1.82, 2.24) is 19.4 Å². The molecular formula is C36H42ClN5O4S. The van der Waals surface area contributed by atoms with Crippen LogP contribution in [0.15, 0.2) is 77.7 Å². The number of amides is 1. The Kier molecular flexibility index (Phi) is 8.80. The maximum atomic E-state index is 13.8. The number of aromatic nitrogens is 2. The Morgan fingerprint density at radius 3 is 2.34 bits per heavy atom. The number of rotatable bonds is 9. The number of sulfonamides is 1. The number of halogens is 1. The number of alkyl halides is 1. The Balaban J connectivity index is 1.08. The number of para-hydroxylation sites is 2. The zero-order chi connectivity index (χ0) is 32.8. The summed E-state index contributed by atoms with van der Waals surface area (Å²) in [7, 11) is -3.99. The largest absolute Gasteiger partial charge is 0.477 e. The molecule has 1 amide bonds. The van der Waals surface area contributed by atoms with Crippen molar-refractivity contribution < 1.29 is 17.9 Å². The van der Waals surface area contributed by atoms with Gasteiger partial charge in [0.2, 0.25) is 10.0 Å². The minimum absolute atomic E-state index is 0.0661. The molecule has 7 rings (SSSR count). The lowest BCUT2D eigenvalue weighted by atomic mass is 9.70. The number of piperidine rings is 2. The van der Waals surface area contributed by atoms with Crippen molar-refractivity contribution in [3.63, 3.8) is 0 Å². The minimum Gasteiger partial charge on any atom is -0.477 e. The molecule has 0 radical (unpaired) electrons. The van der Waals surface area contributed by atoms with E-state index in [1.165, 1.54) is 42.1 Å². The first-order chi connectivity index (χ1) is 22.7. The first kappa shape index (κ1) is 32.1. The van der Waals surface area contributed by atoms with Gasteiger partial charge in [0, 0.05) is 31.2 Å². The molecule has 0 aliphatic carbocycles. The maximum Gasteiger partial charge on any atom is 0.257 e. The number of hydrogen-bond donors (Lipinski definition) is 1. The van der Waals surface area contributed by atoms with Gasteiger partial charge in [-0.1, -0.05) is 54.1 Å². The van der Waals surface area contributed by atoms with Crippen LogP contribution in [-0.2, 0) is 15.4 Å². The Morgan fingerprint density at radius 2 is 1.66 bits per heavy atom. The summed E-state index contributed by atoms with van der Waals surface area (Å²) >= 11 is 5.82. The molecule has 248 valence electrons. The van der Waals surface area contributed by atoms with Gasteiger partial charge in [0.05, 0.1) is 21.5 Å². The summed E-state index contributed by atoms with van der Waals surface area (Å²) in [6.45, 7) is 4.27. The predicted molar refractivity (Wildman–Crippen MR) is 183 cm³/mol. The van der Waals surface area contributed by atoms with Gasteiger partial charge >= 0.3 is 0 Å². The highest BCUT2D eigenvalue weighted by Crippen LogP contribution is 2.45. The lowest BCUT2D eigenvalue weighted by Gasteiger charge is -2.45. The molecule has 2 N–H and O–H groups in total. The average Bonchev–Trinajstić information content (AvgIpc) is 3.54. The number of primary sulfonamides is 1. The topological polar surface area (TPSA) is 111 Å². The van der Waals surface area contributed by atoms with E-state index in [2.05, 4.69) is 71.0 Å². The van der Waals surface area contributed by atoms with Crippen molar-refractivity contribution in [2.75, 3.05) is 25.7 Å². The number of aryl methyl sites for hydroxylation is 1. The molecule has 3 aliphatic rings. The first-order valence-corrected chi connectivity index (χ1v) is 18.6. The SMILES string of the molecule is Cc1nc2ccccc2n1C1CC2CCC(C1)N2CCC1(c2ccccc2)CCN(C(=O)c2cc(S(N)(=O)=O)ccc2OCCl)CC1.